The van der Waals surface area contributed by atoms with Gasteiger partial charge < -0.3 is 10.6 Å². The Bertz CT molecular complexity index is 694. The van der Waals surface area contributed by atoms with Crippen LogP contribution in [0.2, 0.25) is 0 Å². The first-order chi connectivity index (χ1) is 12.0. The molecule has 1 saturated heterocycles. The average molecular weight is 365 g/mol. The minimum Gasteiger partial charge on any atom is -0.338 e. The van der Waals surface area contributed by atoms with Gasteiger partial charge in [-0.15, -0.1) is 0 Å². The molecule has 0 bridgehead atoms. The van der Waals surface area contributed by atoms with Gasteiger partial charge in [-0.25, -0.2) is 13.2 Å². The summed E-state index contributed by atoms with van der Waals surface area (Å²) in [6.07, 6.45) is 4.69. The quantitative estimate of drug-likeness (QED) is 0.812. The number of sulfonamides is 1. The summed E-state index contributed by atoms with van der Waals surface area (Å²) in [4.78, 5) is 12.4. The Morgan fingerprint density at radius 3 is 2.40 bits per heavy atom. The van der Waals surface area contributed by atoms with E-state index in [1.165, 1.54) is 12.8 Å². The summed E-state index contributed by atoms with van der Waals surface area (Å²) in [5.74, 6) is 0.666. The molecule has 0 spiro atoms. The third-order valence-electron chi connectivity index (χ3n) is 5.15. The van der Waals surface area contributed by atoms with E-state index in [9.17, 15) is 13.2 Å². The van der Waals surface area contributed by atoms with Crippen LogP contribution in [-0.2, 0) is 10.0 Å². The van der Waals surface area contributed by atoms with E-state index in [1.807, 2.05) is 13.0 Å². The molecule has 2 N–H and O–H groups in total. The van der Waals surface area contributed by atoms with Crippen LogP contribution >= 0.6 is 0 Å². The van der Waals surface area contributed by atoms with E-state index in [4.69, 9.17) is 0 Å². The largest absolute Gasteiger partial charge is 0.338 e. The molecule has 0 radical (unpaired) electrons. The molecular weight excluding hydrogens is 338 g/mol. The molecule has 1 aliphatic heterocycles. The second kappa shape index (κ2) is 7.33. The number of nitrogens with zero attached hydrogens (tertiary/aromatic N) is 1. The fourth-order valence-corrected chi connectivity index (χ4v) is 5.06. The van der Waals surface area contributed by atoms with Crippen molar-refractivity contribution in [3.63, 3.8) is 0 Å². The Kier molecular flexibility index (Phi) is 5.34. The standard InChI is InChI=1S/C18H27N3O3S/c1-2-19-17(22)20-18(14-15-8-9-15)10-12-21(13-11-18)25(23,24)16-6-4-3-5-7-16/h3-7,15H,2,8-14H2,1H3,(H2,19,20,22). The number of carbonyl (C=O) groups is 1. The number of urea groups is 1. The molecule has 1 aromatic carbocycles. The normalized spacial score (nSPS) is 20.8. The Hall–Kier alpha value is -1.60. The van der Waals surface area contributed by atoms with Gasteiger partial charge in [0.05, 0.1) is 4.90 Å². The maximum Gasteiger partial charge on any atom is 0.315 e. The van der Waals surface area contributed by atoms with Gasteiger partial charge >= 0.3 is 6.03 Å². The van der Waals surface area contributed by atoms with E-state index in [0.29, 0.717) is 43.3 Å². The van der Waals surface area contributed by atoms with Crippen molar-refractivity contribution >= 4 is 16.1 Å². The molecule has 7 heteroatoms. The van der Waals surface area contributed by atoms with Crippen molar-refractivity contribution in [1.29, 1.82) is 0 Å². The minimum absolute atomic E-state index is 0.150. The molecule has 2 fully saturated rings. The van der Waals surface area contributed by atoms with Gasteiger partial charge in [0, 0.05) is 25.2 Å². The highest BCUT2D eigenvalue weighted by atomic mass is 32.2. The molecule has 1 saturated carbocycles. The number of nitrogens with one attached hydrogen (secondary N) is 2. The van der Waals surface area contributed by atoms with E-state index >= 15 is 0 Å². The van der Waals surface area contributed by atoms with Gasteiger partial charge in [-0.1, -0.05) is 31.0 Å². The number of benzene rings is 1. The highest BCUT2D eigenvalue weighted by Gasteiger charge is 2.42. The van der Waals surface area contributed by atoms with Crippen molar-refractivity contribution in [2.45, 2.75) is 49.5 Å². The molecule has 1 aliphatic carbocycles. The van der Waals surface area contributed by atoms with Gasteiger partial charge in [-0.2, -0.15) is 4.31 Å². The Labute approximate surface area is 150 Å². The molecule has 2 amide bonds. The van der Waals surface area contributed by atoms with Crippen LogP contribution in [0.1, 0.15) is 39.0 Å². The first-order valence-corrected chi connectivity index (χ1v) is 10.5. The second-order valence-corrected chi connectivity index (χ2v) is 9.07. The summed E-state index contributed by atoms with van der Waals surface area (Å²) < 4.78 is 27.1. The summed E-state index contributed by atoms with van der Waals surface area (Å²) in [6.45, 7) is 3.36. The van der Waals surface area contributed by atoms with E-state index < -0.39 is 10.0 Å². The van der Waals surface area contributed by atoms with Gasteiger partial charge in [-0.05, 0) is 44.2 Å². The highest BCUT2D eigenvalue weighted by molar-refractivity contribution is 7.89. The lowest BCUT2D eigenvalue weighted by Crippen LogP contribution is -2.58. The molecule has 2 aliphatic rings. The van der Waals surface area contributed by atoms with Crippen molar-refractivity contribution in [3.05, 3.63) is 30.3 Å². The van der Waals surface area contributed by atoms with Crippen LogP contribution in [-0.4, -0.2) is 43.9 Å². The van der Waals surface area contributed by atoms with Crippen LogP contribution in [0.15, 0.2) is 35.2 Å². The first kappa shape index (κ1) is 18.2. The smallest absolute Gasteiger partial charge is 0.315 e. The number of rotatable bonds is 6. The van der Waals surface area contributed by atoms with Gasteiger partial charge in [0.15, 0.2) is 0 Å². The van der Waals surface area contributed by atoms with Crippen molar-refractivity contribution in [2.75, 3.05) is 19.6 Å². The number of amides is 2. The molecule has 3 rings (SSSR count). The van der Waals surface area contributed by atoms with Crippen molar-refractivity contribution in [3.8, 4) is 0 Å². The van der Waals surface area contributed by atoms with Gasteiger partial charge in [0.2, 0.25) is 10.0 Å². The number of hydrogen-bond acceptors (Lipinski definition) is 3. The molecule has 6 nitrogen and oxygen atoms in total. The van der Waals surface area contributed by atoms with Crippen LogP contribution in [0.3, 0.4) is 0 Å². The molecule has 1 aromatic rings. The van der Waals surface area contributed by atoms with Gasteiger partial charge in [0.25, 0.3) is 0 Å². The lowest BCUT2D eigenvalue weighted by Gasteiger charge is -2.42. The van der Waals surface area contributed by atoms with Crippen molar-refractivity contribution in [1.82, 2.24) is 14.9 Å². The fourth-order valence-electron chi connectivity index (χ4n) is 3.60. The summed E-state index contributed by atoms with van der Waals surface area (Å²) in [6, 6.07) is 8.41. The predicted octanol–water partition coefficient (Wildman–Crippen LogP) is 2.33. The Morgan fingerprint density at radius 1 is 1.20 bits per heavy atom. The maximum atomic E-state index is 12.8. The number of carbonyl (C=O) groups excluding carboxylic acids is 1. The van der Waals surface area contributed by atoms with Crippen molar-refractivity contribution in [2.24, 2.45) is 5.92 Å². The third-order valence-corrected chi connectivity index (χ3v) is 7.07. The van der Waals surface area contributed by atoms with Crippen molar-refractivity contribution < 1.29 is 13.2 Å². The zero-order chi connectivity index (χ0) is 17.9. The molecule has 1 heterocycles. The average Bonchev–Trinajstić information content (AvgIpc) is 3.40. The van der Waals surface area contributed by atoms with Crippen LogP contribution in [0.5, 0.6) is 0 Å². The first-order valence-electron chi connectivity index (χ1n) is 9.06. The zero-order valence-electron chi connectivity index (χ0n) is 14.7. The molecular formula is C18H27N3O3S. The van der Waals surface area contributed by atoms with Gasteiger partial charge in [-0.3, -0.25) is 0 Å². The van der Waals surface area contributed by atoms with Crippen LogP contribution in [0, 0.1) is 5.92 Å². The molecule has 0 aromatic heterocycles. The molecule has 0 atom stereocenters. The van der Waals surface area contributed by atoms with E-state index in [-0.39, 0.29) is 11.6 Å². The second-order valence-electron chi connectivity index (χ2n) is 7.13. The molecule has 138 valence electrons. The van der Waals surface area contributed by atoms with Crippen LogP contribution < -0.4 is 10.6 Å². The van der Waals surface area contributed by atoms with E-state index in [2.05, 4.69) is 10.6 Å². The summed E-state index contributed by atoms with van der Waals surface area (Å²) in [5, 5.41) is 5.94. The fraction of sp³-hybridized carbons (Fsp3) is 0.611. The van der Waals surface area contributed by atoms with E-state index in [1.54, 1.807) is 28.6 Å². The zero-order valence-corrected chi connectivity index (χ0v) is 15.5. The number of hydrogen-bond donors (Lipinski definition) is 2. The summed E-state index contributed by atoms with van der Waals surface area (Å²) in [5.41, 5.74) is -0.289. The number of piperidine rings is 1. The van der Waals surface area contributed by atoms with Crippen LogP contribution in [0.4, 0.5) is 4.79 Å². The third kappa shape index (κ3) is 4.33. The van der Waals surface area contributed by atoms with Gasteiger partial charge in [0.1, 0.15) is 0 Å². The lowest BCUT2D eigenvalue weighted by atomic mass is 9.83. The summed E-state index contributed by atoms with van der Waals surface area (Å²) >= 11 is 0. The minimum atomic E-state index is -3.46. The SMILES string of the molecule is CCNC(=O)NC1(CC2CC2)CCN(S(=O)(=O)c2ccccc2)CC1. The molecule has 25 heavy (non-hydrogen) atoms. The van der Waals surface area contributed by atoms with Crippen LogP contribution in [0.25, 0.3) is 0 Å². The monoisotopic (exact) mass is 365 g/mol. The topological polar surface area (TPSA) is 78.5 Å². The highest BCUT2D eigenvalue weighted by Crippen LogP contribution is 2.41. The Morgan fingerprint density at radius 2 is 1.84 bits per heavy atom. The molecule has 0 unspecified atom stereocenters. The predicted molar refractivity (Wildman–Crippen MR) is 96.7 cm³/mol. The summed E-state index contributed by atoms with van der Waals surface area (Å²) in [7, 11) is -3.46. The van der Waals surface area contributed by atoms with E-state index in [0.717, 1.165) is 6.42 Å². The Balaban J connectivity index is 1.69. The lowest BCUT2D eigenvalue weighted by molar-refractivity contribution is 0.170. The maximum absolute atomic E-state index is 12.8.